The summed E-state index contributed by atoms with van der Waals surface area (Å²) >= 11 is 6.15. The van der Waals surface area contributed by atoms with E-state index in [9.17, 15) is 5.11 Å². The first-order chi connectivity index (χ1) is 12.7. The van der Waals surface area contributed by atoms with Crippen molar-refractivity contribution >= 4 is 28.2 Å². The van der Waals surface area contributed by atoms with Crippen LogP contribution in [0.25, 0.3) is 10.9 Å². The van der Waals surface area contributed by atoms with Crippen molar-refractivity contribution in [1.82, 2.24) is 9.88 Å². The Hall–Kier alpha value is -1.52. The zero-order chi connectivity index (χ0) is 17.7. The molecule has 1 aromatic carbocycles. The molecule has 0 amide bonds. The average Bonchev–Trinajstić information content (AvgIpc) is 3.49. The van der Waals surface area contributed by atoms with E-state index in [2.05, 4.69) is 10.2 Å². The van der Waals surface area contributed by atoms with Gasteiger partial charge in [0, 0.05) is 41.9 Å². The average molecular weight is 372 g/mol. The summed E-state index contributed by atoms with van der Waals surface area (Å²) in [6.45, 7) is 2.40. The van der Waals surface area contributed by atoms with Gasteiger partial charge in [0.25, 0.3) is 0 Å². The van der Waals surface area contributed by atoms with Crippen molar-refractivity contribution in [3.8, 4) is 5.75 Å². The molecule has 138 valence electrons. The highest BCUT2D eigenvalue weighted by molar-refractivity contribution is 6.32. The second-order valence-electron chi connectivity index (χ2n) is 8.13. The van der Waals surface area contributed by atoms with Crippen LogP contribution in [0, 0.1) is 0 Å². The highest BCUT2D eigenvalue weighted by Crippen LogP contribution is 2.38. The number of aryl methyl sites for hydroxylation is 1. The van der Waals surface area contributed by atoms with E-state index in [1.54, 1.807) is 6.07 Å². The van der Waals surface area contributed by atoms with Gasteiger partial charge in [0.1, 0.15) is 5.75 Å². The summed E-state index contributed by atoms with van der Waals surface area (Å²) in [5, 5.41) is 15.4. The minimum absolute atomic E-state index is 0.142. The van der Waals surface area contributed by atoms with Crippen molar-refractivity contribution in [2.24, 2.45) is 0 Å². The molecule has 0 radical (unpaired) electrons. The van der Waals surface area contributed by atoms with E-state index in [1.165, 1.54) is 68.6 Å². The zero-order valence-electron chi connectivity index (χ0n) is 15.1. The van der Waals surface area contributed by atoms with Crippen LogP contribution in [0.1, 0.15) is 49.8 Å². The van der Waals surface area contributed by atoms with Crippen LogP contribution in [0.15, 0.2) is 12.1 Å². The number of benzene rings is 1. The number of likely N-dealkylation sites (tertiary alicyclic amines) is 1. The predicted molar refractivity (Wildman–Crippen MR) is 106 cm³/mol. The fourth-order valence-electron chi connectivity index (χ4n) is 4.65. The normalized spacial score (nSPS) is 21.7. The molecule has 2 N–H and O–H groups in total. The van der Waals surface area contributed by atoms with Gasteiger partial charge in [-0.05, 0) is 69.1 Å². The van der Waals surface area contributed by atoms with Crippen LogP contribution < -0.4 is 5.32 Å². The molecule has 2 aromatic rings. The van der Waals surface area contributed by atoms with Gasteiger partial charge in [-0.3, -0.25) is 4.98 Å². The number of aromatic nitrogens is 1. The number of hydrogen-bond acceptors (Lipinski definition) is 4. The minimum atomic E-state index is 0.142. The largest absolute Gasteiger partial charge is 0.506 e. The number of fused-ring (bicyclic) bond motifs is 2. The summed E-state index contributed by atoms with van der Waals surface area (Å²) < 4.78 is 0. The van der Waals surface area contributed by atoms with Crippen LogP contribution in [0.2, 0.25) is 5.02 Å². The summed E-state index contributed by atoms with van der Waals surface area (Å²) in [6.07, 6.45) is 9.69. The van der Waals surface area contributed by atoms with Crippen molar-refractivity contribution in [3.63, 3.8) is 0 Å². The van der Waals surface area contributed by atoms with E-state index >= 15 is 0 Å². The summed E-state index contributed by atoms with van der Waals surface area (Å²) in [6, 6.07) is 4.97. The molecule has 0 unspecified atom stereocenters. The first kappa shape index (κ1) is 16.6. The number of nitrogens with zero attached hydrogens (tertiary/aromatic N) is 2. The van der Waals surface area contributed by atoms with Gasteiger partial charge >= 0.3 is 0 Å². The molecule has 4 nitrogen and oxygen atoms in total. The molecular weight excluding hydrogens is 346 g/mol. The molecule has 1 saturated heterocycles. The number of hydrogen-bond donors (Lipinski definition) is 2. The highest BCUT2D eigenvalue weighted by atomic mass is 35.5. The van der Waals surface area contributed by atoms with E-state index in [0.29, 0.717) is 11.1 Å². The fourth-order valence-corrected chi connectivity index (χ4v) is 4.81. The molecule has 0 atom stereocenters. The van der Waals surface area contributed by atoms with Crippen LogP contribution in [0.3, 0.4) is 0 Å². The molecule has 26 heavy (non-hydrogen) atoms. The number of pyridine rings is 1. The monoisotopic (exact) mass is 371 g/mol. The van der Waals surface area contributed by atoms with Gasteiger partial charge in [0.2, 0.25) is 0 Å². The Labute approximate surface area is 159 Å². The zero-order valence-corrected chi connectivity index (χ0v) is 15.9. The Bertz CT molecular complexity index is 841. The van der Waals surface area contributed by atoms with Crippen LogP contribution in [0.5, 0.6) is 5.75 Å². The third kappa shape index (κ3) is 3.03. The lowest BCUT2D eigenvalue weighted by atomic mass is 9.92. The first-order valence-corrected chi connectivity index (χ1v) is 10.4. The first-order valence-electron chi connectivity index (χ1n) is 10.0. The lowest BCUT2D eigenvalue weighted by molar-refractivity contribution is 0.210. The lowest BCUT2D eigenvalue weighted by Crippen LogP contribution is -2.40. The van der Waals surface area contributed by atoms with Gasteiger partial charge in [-0.2, -0.15) is 0 Å². The van der Waals surface area contributed by atoms with Gasteiger partial charge < -0.3 is 15.3 Å². The van der Waals surface area contributed by atoms with Crippen LogP contribution >= 0.6 is 11.6 Å². The predicted octanol–water partition coefficient (Wildman–Crippen LogP) is 4.51. The number of nitrogens with one attached hydrogen (secondary N) is 1. The van der Waals surface area contributed by atoms with Crippen molar-refractivity contribution < 1.29 is 5.11 Å². The fraction of sp³-hybridized carbons (Fsp3) is 0.571. The van der Waals surface area contributed by atoms with E-state index in [-0.39, 0.29) is 5.75 Å². The number of phenolic OH excluding ortho intramolecular Hbond substituents is 1. The molecule has 0 bridgehead atoms. The summed E-state index contributed by atoms with van der Waals surface area (Å²) in [5.74, 6) is 0.142. The molecule has 3 aliphatic rings. The minimum Gasteiger partial charge on any atom is -0.506 e. The molecule has 0 spiro atoms. The van der Waals surface area contributed by atoms with E-state index in [4.69, 9.17) is 16.6 Å². The maximum absolute atomic E-state index is 10.2. The molecule has 2 aliphatic carbocycles. The van der Waals surface area contributed by atoms with Gasteiger partial charge in [0.05, 0.1) is 10.5 Å². The lowest BCUT2D eigenvalue weighted by Gasteiger charge is -2.34. The van der Waals surface area contributed by atoms with E-state index < -0.39 is 0 Å². The molecule has 2 fully saturated rings. The number of rotatable bonds is 3. The third-order valence-corrected chi connectivity index (χ3v) is 6.57. The van der Waals surface area contributed by atoms with Crippen LogP contribution in [-0.2, 0) is 12.8 Å². The standard InChI is InChI=1S/C21H26ClN3O/c22-17-12-19-16(11-20(17)26)21(15-3-1-2-4-18(15)24-19)23-13-7-9-25(10-8-13)14-5-6-14/h11-14,26H,1-10H2,(H,23,24). The second kappa shape index (κ2) is 6.58. The number of phenols is 1. The Balaban J connectivity index is 1.49. The van der Waals surface area contributed by atoms with Crippen molar-refractivity contribution in [1.29, 1.82) is 0 Å². The summed E-state index contributed by atoms with van der Waals surface area (Å²) in [7, 11) is 0. The topological polar surface area (TPSA) is 48.4 Å². The highest BCUT2D eigenvalue weighted by Gasteiger charge is 2.32. The second-order valence-corrected chi connectivity index (χ2v) is 8.53. The Kier molecular flexibility index (Phi) is 4.21. The Morgan fingerprint density at radius 3 is 2.62 bits per heavy atom. The molecule has 1 aliphatic heterocycles. The van der Waals surface area contributed by atoms with Crippen LogP contribution in [-0.4, -0.2) is 40.2 Å². The molecular formula is C21H26ClN3O. The maximum atomic E-state index is 10.2. The van der Waals surface area contributed by atoms with Gasteiger partial charge in [-0.1, -0.05) is 11.6 Å². The third-order valence-electron chi connectivity index (χ3n) is 6.27. The molecule has 1 aromatic heterocycles. The number of aromatic hydroxyl groups is 1. The molecule has 5 heteroatoms. The maximum Gasteiger partial charge on any atom is 0.135 e. The van der Waals surface area contributed by atoms with Crippen LogP contribution in [0.4, 0.5) is 5.69 Å². The molecule has 1 saturated carbocycles. The van der Waals surface area contributed by atoms with Gasteiger partial charge in [-0.15, -0.1) is 0 Å². The van der Waals surface area contributed by atoms with Gasteiger partial charge in [-0.25, -0.2) is 0 Å². The smallest absolute Gasteiger partial charge is 0.135 e. The van der Waals surface area contributed by atoms with E-state index in [0.717, 1.165) is 29.8 Å². The number of piperidine rings is 1. The number of halogens is 1. The van der Waals surface area contributed by atoms with Crippen molar-refractivity contribution in [2.45, 2.75) is 63.5 Å². The van der Waals surface area contributed by atoms with Gasteiger partial charge in [0.15, 0.2) is 0 Å². The SMILES string of the molecule is Oc1cc2c(NC3CCN(C4CC4)CC3)c3c(nc2cc1Cl)CCCC3. The number of anilines is 1. The quantitative estimate of drug-likeness (QED) is 0.833. The molecule has 5 rings (SSSR count). The Morgan fingerprint density at radius 2 is 1.85 bits per heavy atom. The summed E-state index contributed by atoms with van der Waals surface area (Å²) in [5.41, 5.74) is 4.66. The summed E-state index contributed by atoms with van der Waals surface area (Å²) in [4.78, 5) is 7.53. The molecule has 2 heterocycles. The van der Waals surface area contributed by atoms with Crippen molar-refractivity contribution in [2.75, 3.05) is 18.4 Å². The van der Waals surface area contributed by atoms with E-state index in [1.807, 2.05) is 6.07 Å². The Morgan fingerprint density at radius 1 is 1.08 bits per heavy atom. The van der Waals surface area contributed by atoms with Crippen molar-refractivity contribution in [3.05, 3.63) is 28.4 Å².